The average molecular weight is 780 g/mol. The molecule has 1 unspecified atom stereocenters. The molecular formula is C43H42FN11O3. The Hall–Kier alpha value is -7.44. The smallest absolute Gasteiger partial charge is 0.354 e. The summed E-state index contributed by atoms with van der Waals surface area (Å²) in [6, 6.07) is 30.4. The minimum absolute atomic E-state index is 0.000261. The summed E-state index contributed by atoms with van der Waals surface area (Å²) in [7, 11) is 0. The second-order valence-electron chi connectivity index (χ2n) is 14.2. The summed E-state index contributed by atoms with van der Waals surface area (Å²) in [5.74, 6) is -1.75. The first-order valence-electron chi connectivity index (χ1n) is 18.3. The number of rotatable bonds is 12. The van der Waals surface area contributed by atoms with Crippen LogP contribution in [0.1, 0.15) is 85.9 Å². The highest BCUT2D eigenvalue weighted by Crippen LogP contribution is 2.40. The second-order valence-corrected chi connectivity index (χ2v) is 14.2. The van der Waals surface area contributed by atoms with Crippen LogP contribution >= 0.6 is 0 Å². The molecule has 10 N–H and O–H groups in total. The first kappa shape index (κ1) is 40.2. The number of nitriles is 1. The van der Waals surface area contributed by atoms with Gasteiger partial charge in [0, 0.05) is 11.1 Å². The number of amides is 1. The van der Waals surface area contributed by atoms with Crippen LogP contribution < -0.4 is 22.5 Å². The number of amidine groups is 2. The van der Waals surface area contributed by atoms with E-state index in [2.05, 4.69) is 21.6 Å². The van der Waals surface area contributed by atoms with Gasteiger partial charge in [-0.1, -0.05) is 55.3 Å². The molecule has 4 aromatic carbocycles. The molecule has 0 radical (unpaired) electrons. The van der Waals surface area contributed by atoms with E-state index in [1.54, 1.807) is 92.7 Å². The van der Waals surface area contributed by atoms with Crippen LogP contribution in [0.2, 0.25) is 0 Å². The highest BCUT2D eigenvalue weighted by atomic mass is 19.1. The number of carboxylic acids is 1. The van der Waals surface area contributed by atoms with Gasteiger partial charge in [0.1, 0.15) is 23.2 Å². The molecule has 2 heterocycles. The van der Waals surface area contributed by atoms with Crippen LogP contribution in [0.5, 0.6) is 0 Å². The minimum Gasteiger partial charge on any atom is -0.477 e. The zero-order valence-electron chi connectivity index (χ0n) is 31.8. The molecule has 294 valence electrons. The van der Waals surface area contributed by atoms with E-state index in [1.807, 2.05) is 12.1 Å². The maximum Gasteiger partial charge on any atom is 0.354 e. The molecule has 0 saturated heterocycles. The molecule has 1 aliphatic rings. The Labute approximate surface area is 333 Å². The SMILES string of the molecule is Cc1cc(C(=O)Nc2cc(C(N)(CCC3CC3)c3ccc(C#N)cc3)ccc2F)n(-c2cccc(C(=N)N)c2)n1.Cc1cc(C(=O)O)n(-c2cccc(C(=N)N)c2)n1. The van der Waals surface area contributed by atoms with Crippen molar-refractivity contribution in [2.24, 2.45) is 23.1 Å². The minimum atomic E-state index is -1.05. The molecule has 0 spiro atoms. The standard InChI is InChI=1S/C31H30FN7O.C12H12N4O2/c1-19-15-28(39(38-19)25-4-2-3-22(16-25)29(34)35)30(40)37-27-17-24(11-12-26(27)32)31(36,14-13-20-5-6-20)23-9-7-21(18-33)8-10-23;1-7-5-10(12(17)18)16(15-7)9-4-2-3-8(6-9)11(13)14/h2-4,7-12,15-17,20H,5-6,13-14,36H2,1H3,(H3,34,35)(H,37,40);2-6H,1H3,(H3,13,14)(H,17,18). The fourth-order valence-corrected chi connectivity index (χ4v) is 6.54. The lowest BCUT2D eigenvalue weighted by Gasteiger charge is -2.31. The third-order valence-corrected chi connectivity index (χ3v) is 9.82. The van der Waals surface area contributed by atoms with E-state index in [-0.39, 0.29) is 28.7 Å². The van der Waals surface area contributed by atoms with E-state index >= 15 is 4.39 Å². The predicted octanol–water partition coefficient (Wildman–Crippen LogP) is 6.28. The van der Waals surface area contributed by atoms with Crippen LogP contribution in [0.25, 0.3) is 11.4 Å². The zero-order chi connectivity index (χ0) is 41.7. The van der Waals surface area contributed by atoms with Crippen LogP contribution in [-0.4, -0.2) is 48.2 Å². The summed E-state index contributed by atoms with van der Waals surface area (Å²) in [5.41, 5.74) is 22.8. The fraction of sp³-hybridized carbons (Fsp3) is 0.186. The topological polar surface area (TPSA) is 252 Å². The van der Waals surface area contributed by atoms with Crippen LogP contribution in [0.3, 0.4) is 0 Å². The van der Waals surface area contributed by atoms with Crippen molar-refractivity contribution < 1.29 is 19.1 Å². The van der Waals surface area contributed by atoms with Gasteiger partial charge in [0.15, 0.2) is 5.69 Å². The van der Waals surface area contributed by atoms with Crippen molar-refractivity contribution in [1.82, 2.24) is 19.6 Å². The molecule has 1 saturated carbocycles. The van der Waals surface area contributed by atoms with Gasteiger partial charge >= 0.3 is 5.97 Å². The summed E-state index contributed by atoms with van der Waals surface area (Å²) in [6.45, 7) is 3.47. The monoisotopic (exact) mass is 779 g/mol. The number of carbonyl (C=O) groups excluding carboxylic acids is 1. The zero-order valence-corrected chi connectivity index (χ0v) is 31.8. The molecule has 1 atom stereocenters. The van der Waals surface area contributed by atoms with E-state index in [4.69, 9.17) is 33.1 Å². The fourth-order valence-electron chi connectivity index (χ4n) is 6.54. The van der Waals surface area contributed by atoms with E-state index in [9.17, 15) is 14.9 Å². The number of carboxylic acid groups (broad SMARTS) is 1. The largest absolute Gasteiger partial charge is 0.477 e. The van der Waals surface area contributed by atoms with E-state index in [0.29, 0.717) is 57.4 Å². The van der Waals surface area contributed by atoms with Crippen LogP contribution in [0, 0.1) is 47.7 Å². The van der Waals surface area contributed by atoms with Gasteiger partial charge in [-0.25, -0.2) is 18.5 Å². The number of aromatic carboxylic acids is 1. The maximum atomic E-state index is 15.1. The van der Waals surface area contributed by atoms with Gasteiger partial charge in [-0.05, 0) is 104 Å². The van der Waals surface area contributed by atoms with Gasteiger partial charge in [-0.2, -0.15) is 15.5 Å². The number of aryl methyl sites for hydroxylation is 2. The summed E-state index contributed by atoms with van der Waals surface area (Å²) >= 11 is 0. The molecular weight excluding hydrogens is 738 g/mol. The first-order valence-corrected chi connectivity index (χ1v) is 18.3. The molecule has 1 aliphatic carbocycles. The molecule has 7 rings (SSSR count). The molecule has 0 aliphatic heterocycles. The second kappa shape index (κ2) is 16.7. The number of carbonyl (C=O) groups is 2. The highest BCUT2D eigenvalue weighted by molar-refractivity contribution is 6.04. The van der Waals surface area contributed by atoms with Gasteiger partial charge in [0.2, 0.25) is 0 Å². The molecule has 2 aromatic heterocycles. The number of aromatic nitrogens is 4. The van der Waals surface area contributed by atoms with Crippen molar-refractivity contribution >= 4 is 29.2 Å². The number of halogens is 1. The van der Waals surface area contributed by atoms with E-state index < -0.39 is 23.2 Å². The number of nitrogens with one attached hydrogen (secondary N) is 3. The van der Waals surface area contributed by atoms with Crippen LogP contribution in [0.4, 0.5) is 10.1 Å². The number of nitrogen functional groups attached to an aromatic ring is 2. The normalized spacial score (nSPS) is 13.0. The lowest BCUT2D eigenvalue weighted by molar-refractivity contribution is 0.0686. The summed E-state index contributed by atoms with van der Waals surface area (Å²) in [6.07, 6.45) is 3.92. The van der Waals surface area contributed by atoms with Gasteiger partial charge < -0.3 is 27.6 Å². The van der Waals surface area contributed by atoms with E-state index in [1.165, 1.54) is 34.3 Å². The van der Waals surface area contributed by atoms with Gasteiger partial charge in [-0.15, -0.1) is 0 Å². The van der Waals surface area contributed by atoms with Crippen molar-refractivity contribution in [2.45, 2.75) is 45.1 Å². The quantitative estimate of drug-likeness (QED) is 0.0544. The Bertz CT molecular complexity index is 2580. The molecule has 0 bridgehead atoms. The number of anilines is 1. The Morgan fingerprint density at radius 3 is 1.90 bits per heavy atom. The average Bonchev–Trinajstić information content (AvgIpc) is 3.84. The highest BCUT2D eigenvalue weighted by Gasteiger charge is 2.34. The van der Waals surface area contributed by atoms with Crippen molar-refractivity contribution in [3.8, 4) is 17.4 Å². The Morgan fingerprint density at radius 2 is 1.38 bits per heavy atom. The van der Waals surface area contributed by atoms with Crippen molar-refractivity contribution in [3.05, 3.63) is 160 Å². The molecule has 1 amide bonds. The molecule has 1 fully saturated rings. The number of nitrogens with two attached hydrogens (primary N) is 3. The van der Waals surface area contributed by atoms with Gasteiger partial charge in [0.25, 0.3) is 5.91 Å². The Kier molecular flexibility index (Phi) is 11.6. The number of nitrogens with zero attached hydrogens (tertiary/aromatic N) is 5. The third kappa shape index (κ3) is 8.99. The van der Waals surface area contributed by atoms with Gasteiger partial charge in [-0.3, -0.25) is 15.6 Å². The summed E-state index contributed by atoms with van der Waals surface area (Å²) < 4.78 is 17.8. The Morgan fingerprint density at radius 1 is 0.845 bits per heavy atom. The maximum absolute atomic E-state index is 15.1. The number of hydrogen-bond acceptors (Lipinski definition) is 8. The van der Waals surface area contributed by atoms with Crippen molar-refractivity contribution in [1.29, 1.82) is 16.1 Å². The van der Waals surface area contributed by atoms with Crippen LogP contribution in [0.15, 0.2) is 103 Å². The number of benzene rings is 4. The number of hydrogen-bond donors (Lipinski definition) is 7. The predicted molar refractivity (Wildman–Crippen MR) is 218 cm³/mol. The molecule has 58 heavy (non-hydrogen) atoms. The lowest BCUT2D eigenvalue weighted by atomic mass is 9.79. The van der Waals surface area contributed by atoms with Gasteiger partial charge in [0.05, 0.1) is 45.6 Å². The molecule has 6 aromatic rings. The first-order chi connectivity index (χ1) is 27.7. The lowest BCUT2D eigenvalue weighted by Crippen LogP contribution is -2.38. The van der Waals surface area contributed by atoms with Crippen molar-refractivity contribution in [2.75, 3.05) is 5.32 Å². The van der Waals surface area contributed by atoms with E-state index in [0.717, 1.165) is 12.0 Å². The van der Waals surface area contributed by atoms with Crippen molar-refractivity contribution in [3.63, 3.8) is 0 Å². The van der Waals surface area contributed by atoms with Crippen LogP contribution in [-0.2, 0) is 5.54 Å². The Balaban J connectivity index is 0.000000263. The third-order valence-electron chi connectivity index (χ3n) is 9.82. The molecule has 14 nitrogen and oxygen atoms in total. The summed E-state index contributed by atoms with van der Waals surface area (Å²) in [4.78, 5) is 24.5. The summed E-state index contributed by atoms with van der Waals surface area (Å²) in [5, 5.41) is 44.7. The molecule has 15 heteroatoms.